The quantitative estimate of drug-likeness (QED) is 0.915. The molecule has 0 saturated carbocycles. The van der Waals surface area contributed by atoms with Gasteiger partial charge in [0, 0.05) is 10.9 Å². The molecule has 0 radical (unpaired) electrons. The molecule has 2 amide bonds. The molecule has 2 heterocycles. The van der Waals surface area contributed by atoms with Gasteiger partial charge >= 0.3 is 0 Å². The largest absolute Gasteiger partial charge is 0.482 e. The number of aromatic nitrogens is 1. The SMILES string of the molecule is Cc1ccc2c(c1)OCC(=O)N2Cc1nc(C(=O)NC(C)(C)C)cs1. The van der Waals surface area contributed by atoms with Crippen molar-refractivity contribution in [1.29, 1.82) is 0 Å². The van der Waals surface area contributed by atoms with Gasteiger partial charge in [0.05, 0.1) is 12.2 Å². The van der Waals surface area contributed by atoms with E-state index >= 15 is 0 Å². The third-order valence-corrected chi connectivity index (χ3v) is 4.46. The number of thiazole rings is 1. The number of benzene rings is 1. The molecule has 0 saturated heterocycles. The Bertz CT molecular complexity index is 823. The molecule has 1 aromatic carbocycles. The topological polar surface area (TPSA) is 71.5 Å². The molecule has 0 unspecified atom stereocenters. The lowest BCUT2D eigenvalue weighted by Gasteiger charge is -2.28. The predicted molar refractivity (Wildman–Crippen MR) is 97.2 cm³/mol. The van der Waals surface area contributed by atoms with Crippen LogP contribution in [0, 0.1) is 6.92 Å². The molecule has 0 atom stereocenters. The Hall–Kier alpha value is -2.41. The van der Waals surface area contributed by atoms with Gasteiger partial charge in [-0.05, 0) is 45.4 Å². The summed E-state index contributed by atoms with van der Waals surface area (Å²) in [5.74, 6) is 0.369. The number of hydrogen-bond acceptors (Lipinski definition) is 5. The molecule has 2 aromatic rings. The molecule has 0 fully saturated rings. The molecule has 1 N–H and O–H groups in total. The van der Waals surface area contributed by atoms with Gasteiger partial charge in [0.1, 0.15) is 16.5 Å². The Morgan fingerprint density at radius 1 is 1.40 bits per heavy atom. The molecular formula is C18H21N3O3S. The Morgan fingerprint density at radius 3 is 2.88 bits per heavy atom. The number of ether oxygens (including phenoxy) is 1. The number of rotatable bonds is 3. The van der Waals surface area contributed by atoms with Crippen LogP contribution in [0.1, 0.15) is 41.8 Å². The average Bonchev–Trinajstić information content (AvgIpc) is 2.97. The van der Waals surface area contributed by atoms with Crippen molar-refractivity contribution in [3.05, 3.63) is 39.8 Å². The van der Waals surface area contributed by atoms with Crippen LogP contribution in [0.3, 0.4) is 0 Å². The van der Waals surface area contributed by atoms with E-state index in [1.807, 2.05) is 45.9 Å². The molecule has 6 nitrogen and oxygen atoms in total. The van der Waals surface area contributed by atoms with Gasteiger partial charge < -0.3 is 10.1 Å². The van der Waals surface area contributed by atoms with E-state index in [2.05, 4.69) is 10.3 Å². The van der Waals surface area contributed by atoms with Crippen LogP contribution in [0.15, 0.2) is 23.6 Å². The number of carbonyl (C=O) groups is 2. The zero-order valence-corrected chi connectivity index (χ0v) is 15.6. The summed E-state index contributed by atoms with van der Waals surface area (Å²) in [7, 11) is 0. The number of nitrogens with one attached hydrogen (secondary N) is 1. The average molecular weight is 359 g/mol. The molecule has 7 heteroatoms. The zero-order chi connectivity index (χ0) is 18.2. The van der Waals surface area contributed by atoms with E-state index in [0.717, 1.165) is 11.3 Å². The first-order chi connectivity index (χ1) is 11.7. The summed E-state index contributed by atoms with van der Waals surface area (Å²) in [6.45, 7) is 8.08. The molecule has 0 spiro atoms. The number of hydrogen-bond donors (Lipinski definition) is 1. The lowest BCUT2D eigenvalue weighted by Crippen LogP contribution is -2.40. The smallest absolute Gasteiger partial charge is 0.271 e. The molecule has 1 aliphatic heterocycles. The summed E-state index contributed by atoms with van der Waals surface area (Å²) in [6, 6.07) is 5.74. The zero-order valence-electron chi connectivity index (χ0n) is 14.8. The minimum atomic E-state index is -0.322. The number of amides is 2. The lowest BCUT2D eigenvalue weighted by molar-refractivity contribution is -0.121. The number of carbonyl (C=O) groups excluding carboxylic acids is 2. The standard InChI is InChI=1S/C18H21N3O3S/c1-11-5-6-13-14(7-11)24-9-16(22)21(13)8-15-19-12(10-25-15)17(23)20-18(2,3)4/h5-7,10H,8-9H2,1-4H3,(H,20,23). The van der Waals surface area contributed by atoms with Gasteiger partial charge in [-0.1, -0.05) is 6.07 Å². The highest BCUT2D eigenvalue weighted by Crippen LogP contribution is 2.34. The van der Waals surface area contributed by atoms with E-state index in [1.54, 1.807) is 10.3 Å². The maximum atomic E-state index is 12.3. The van der Waals surface area contributed by atoms with Crippen molar-refractivity contribution >= 4 is 28.8 Å². The number of nitrogens with zero attached hydrogens (tertiary/aromatic N) is 2. The van der Waals surface area contributed by atoms with Gasteiger partial charge in [-0.2, -0.15) is 0 Å². The van der Waals surface area contributed by atoms with Gasteiger partial charge in [0.2, 0.25) is 0 Å². The van der Waals surface area contributed by atoms with Crippen LogP contribution in [0.5, 0.6) is 5.75 Å². The molecule has 3 rings (SSSR count). The second kappa shape index (κ2) is 6.48. The van der Waals surface area contributed by atoms with Crippen LogP contribution in [0.2, 0.25) is 0 Å². The van der Waals surface area contributed by atoms with E-state index in [-0.39, 0.29) is 24.0 Å². The Balaban J connectivity index is 1.79. The summed E-state index contributed by atoms with van der Waals surface area (Å²) in [4.78, 5) is 30.5. The Morgan fingerprint density at radius 2 is 2.16 bits per heavy atom. The van der Waals surface area contributed by atoms with Crippen molar-refractivity contribution in [2.45, 2.75) is 39.8 Å². The van der Waals surface area contributed by atoms with Crippen molar-refractivity contribution in [3.8, 4) is 5.75 Å². The lowest BCUT2D eigenvalue weighted by atomic mass is 10.1. The molecule has 25 heavy (non-hydrogen) atoms. The summed E-state index contributed by atoms with van der Waals surface area (Å²) in [6.07, 6.45) is 0. The Kier molecular flexibility index (Phi) is 4.51. The van der Waals surface area contributed by atoms with E-state index in [1.165, 1.54) is 11.3 Å². The molecule has 0 bridgehead atoms. The third kappa shape index (κ3) is 3.99. The molecule has 132 valence electrons. The van der Waals surface area contributed by atoms with E-state index in [4.69, 9.17) is 4.74 Å². The monoisotopic (exact) mass is 359 g/mol. The van der Waals surface area contributed by atoms with Crippen LogP contribution in [-0.4, -0.2) is 28.9 Å². The van der Waals surface area contributed by atoms with Crippen LogP contribution in [0.4, 0.5) is 5.69 Å². The van der Waals surface area contributed by atoms with Crippen LogP contribution < -0.4 is 15.0 Å². The first-order valence-electron chi connectivity index (χ1n) is 8.04. The fraction of sp³-hybridized carbons (Fsp3) is 0.389. The highest BCUT2D eigenvalue weighted by Gasteiger charge is 2.27. The molecule has 1 aliphatic rings. The van der Waals surface area contributed by atoms with Crippen LogP contribution in [-0.2, 0) is 11.3 Å². The first kappa shape index (κ1) is 17.4. The Labute approximate surface area is 150 Å². The van der Waals surface area contributed by atoms with Crippen LogP contribution >= 0.6 is 11.3 Å². The van der Waals surface area contributed by atoms with Crippen molar-refractivity contribution in [2.75, 3.05) is 11.5 Å². The summed E-state index contributed by atoms with van der Waals surface area (Å²) in [5, 5.41) is 5.32. The summed E-state index contributed by atoms with van der Waals surface area (Å²) < 4.78 is 5.51. The van der Waals surface area contributed by atoms with Crippen molar-refractivity contribution < 1.29 is 14.3 Å². The number of aryl methyl sites for hydroxylation is 1. The van der Waals surface area contributed by atoms with Gasteiger partial charge in [0.15, 0.2) is 6.61 Å². The summed E-state index contributed by atoms with van der Waals surface area (Å²) in [5.41, 5.74) is 1.86. The second-order valence-corrected chi connectivity index (χ2v) is 8.01. The minimum Gasteiger partial charge on any atom is -0.482 e. The molecular weight excluding hydrogens is 338 g/mol. The fourth-order valence-corrected chi connectivity index (χ4v) is 3.27. The second-order valence-electron chi connectivity index (χ2n) is 7.07. The fourth-order valence-electron chi connectivity index (χ4n) is 2.51. The normalized spacial score (nSPS) is 14.1. The van der Waals surface area contributed by atoms with E-state index in [9.17, 15) is 9.59 Å². The van der Waals surface area contributed by atoms with Gasteiger partial charge in [0.25, 0.3) is 11.8 Å². The molecule has 1 aromatic heterocycles. The molecule has 0 aliphatic carbocycles. The summed E-state index contributed by atoms with van der Waals surface area (Å²) >= 11 is 1.37. The van der Waals surface area contributed by atoms with Gasteiger partial charge in [-0.25, -0.2) is 4.98 Å². The predicted octanol–water partition coefficient (Wildman–Crippen LogP) is 2.91. The third-order valence-electron chi connectivity index (χ3n) is 3.62. The van der Waals surface area contributed by atoms with E-state index < -0.39 is 0 Å². The van der Waals surface area contributed by atoms with Crippen molar-refractivity contribution in [2.24, 2.45) is 0 Å². The highest BCUT2D eigenvalue weighted by molar-refractivity contribution is 7.09. The highest BCUT2D eigenvalue weighted by atomic mass is 32.1. The van der Waals surface area contributed by atoms with Crippen molar-refractivity contribution in [1.82, 2.24) is 10.3 Å². The number of anilines is 1. The minimum absolute atomic E-state index is 0.0131. The van der Waals surface area contributed by atoms with Gasteiger partial charge in [-0.15, -0.1) is 11.3 Å². The van der Waals surface area contributed by atoms with E-state index in [0.29, 0.717) is 23.0 Å². The maximum absolute atomic E-state index is 12.3. The van der Waals surface area contributed by atoms with Crippen LogP contribution in [0.25, 0.3) is 0 Å². The first-order valence-corrected chi connectivity index (χ1v) is 8.91. The van der Waals surface area contributed by atoms with Crippen molar-refractivity contribution in [3.63, 3.8) is 0 Å². The maximum Gasteiger partial charge on any atom is 0.271 e. The van der Waals surface area contributed by atoms with Gasteiger partial charge in [-0.3, -0.25) is 14.5 Å². The number of fused-ring (bicyclic) bond motifs is 1.